The average Bonchev–Trinajstić information content (AvgIpc) is 1.35. The van der Waals surface area contributed by atoms with Crippen molar-refractivity contribution in [3.8, 4) is 0 Å². The van der Waals surface area contributed by atoms with Crippen LogP contribution in [0.2, 0.25) is 19.6 Å². The van der Waals surface area contributed by atoms with Crippen molar-refractivity contribution < 1.29 is 0 Å². The molecule has 0 aliphatic rings. The van der Waals surface area contributed by atoms with Gasteiger partial charge < -0.3 is 0 Å². The van der Waals surface area contributed by atoms with Crippen molar-refractivity contribution in [2.24, 2.45) is 0 Å². The van der Waals surface area contributed by atoms with Crippen molar-refractivity contribution in [1.29, 1.82) is 0 Å². The Morgan fingerprint density at radius 1 is 1.12 bits per heavy atom. The fourth-order valence-electron chi connectivity index (χ4n) is 0. The first-order valence-electron chi connectivity index (χ1n) is 2.04. The predicted molar refractivity (Wildman–Crippen MR) is 46.7 cm³/mol. The largest absolute Gasteiger partial charge is 0.147 e. The molecule has 0 bridgehead atoms. The number of rotatable bonds is 1. The van der Waals surface area contributed by atoms with Gasteiger partial charge >= 0.3 is 50.4 Å². The summed E-state index contributed by atoms with van der Waals surface area (Å²) in [5.74, 6) is 0. The van der Waals surface area contributed by atoms with Crippen LogP contribution in [0.1, 0.15) is 0 Å². The molecule has 0 fully saturated rings. The Kier molecular flexibility index (Phi) is 13.2. The first-order chi connectivity index (χ1) is 2.56. The molecule has 0 aromatic carbocycles. The monoisotopic (exact) mass is 229 g/mol. The molecule has 0 rings (SSSR count). The van der Waals surface area contributed by atoms with E-state index >= 15 is 0 Å². The number of hydrogen-bond donors (Lipinski definition) is 1. The zero-order valence-electron chi connectivity index (χ0n) is 5.39. The SMILES string of the molecule is C[Si](C)(C)[NH][Ga].Cl.Cl. The van der Waals surface area contributed by atoms with Gasteiger partial charge in [-0.3, -0.25) is 0 Å². The summed E-state index contributed by atoms with van der Waals surface area (Å²) in [4.78, 5) is 0. The minimum absolute atomic E-state index is 0. The molecule has 0 saturated heterocycles. The van der Waals surface area contributed by atoms with Crippen molar-refractivity contribution in [1.82, 2.24) is 3.69 Å². The number of halogens is 2. The second-order valence-electron chi connectivity index (χ2n) is 2.39. The Bertz CT molecular complexity index is 47.0. The van der Waals surface area contributed by atoms with E-state index in [-0.39, 0.29) is 24.8 Å². The van der Waals surface area contributed by atoms with Gasteiger partial charge in [-0.2, -0.15) is 0 Å². The molecule has 0 aromatic heterocycles. The van der Waals surface area contributed by atoms with E-state index in [2.05, 4.69) is 23.3 Å². The minimum atomic E-state index is -0.853. The Morgan fingerprint density at radius 2 is 1.25 bits per heavy atom. The fourth-order valence-corrected chi connectivity index (χ4v) is 0. The van der Waals surface area contributed by atoms with E-state index in [9.17, 15) is 0 Å². The predicted octanol–water partition coefficient (Wildman–Crippen LogP) is 1.34. The van der Waals surface area contributed by atoms with Crippen LogP contribution >= 0.6 is 24.8 Å². The molecule has 0 atom stereocenters. The molecular weight excluding hydrogens is 219 g/mol. The third-order valence-corrected chi connectivity index (χ3v) is 6.75. The third kappa shape index (κ3) is 15.7. The van der Waals surface area contributed by atoms with E-state index in [0.29, 0.717) is 0 Å². The molecule has 0 spiro atoms. The molecule has 8 heavy (non-hydrogen) atoms. The Balaban J connectivity index is -0.000000125. The van der Waals surface area contributed by atoms with Crippen LogP contribution in [0, 0.1) is 0 Å². The minimum Gasteiger partial charge on any atom is -0.147 e. The maximum Gasteiger partial charge on any atom is -0.147 e. The van der Waals surface area contributed by atoms with E-state index in [1.807, 2.05) is 0 Å². The van der Waals surface area contributed by atoms with Crippen LogP contribution in [-0.4, -0.2) is 27.1 Å². The summed E-state index contributed by atoms with van der Waals surface area (Å²) in [6, 6.07) is 0. The molecule has 0 amide bonds. The molecular formula is C3H12Cl2GaNSi. The summed E-state index contributed by atoms with van der Waals surface area (Å²) in [6.45, 7) is 6.86. The van der Waals surface area contributed by atoms with Gasteiger partial charge in [0.25, 0.3) is 0 Å². The number of nitrogens with one attached hydrogen (secondary N) is 1. The first-order valence-corrected chi connectivity index (χ1v) is 6.75. The van der Waals surface area contributed by atoms with Crippen molar-refractivity contribution in [3.63, 3.8) is 0 Å². The van der Waals surface area contributed by atoms with Crippen LogP contribution in [0.25, 0.3) is 0 Å². The van der Waals surface area contributed by atoms with Gasteiger partial charge in [-0.15, -0.1) is 24.8 Å². The molecule has 50 valence electrons. The van der Waals surface area contributed by atoms with Crippen LogP contribution < -0.4 is 3.69 Å². The second-order valence-corrected chi connectivity index (χ2v) is 9.00. The summed E-state index contributed by atoms with van der Waals surface area (Å²) < 4.78 is 3.31. The summed E-state index contributed by atoms with van der Waals surface area (Å²) >= 11 is 1.63. The normalized spacial score (nSPS) is 8.88. The zero-order chi connectivity index (χ0) is 5.21. The zero-order valence-corrected chi connectivity index (χ0v) is 10.4. The second kappa shape index (κ2) is 6.51. The molecule has 0 aromatic rings. The van der Waals surface area contributed by atoms with Gasteiger partial charge in [-0.05, 0) is 0 Å². The summed E-state index contributed by atoms with van der Waals surface area (Å²) in [7, 11) is -0.853. The third-order valence-electron chi connectivity index (χ3n) is 0.433. The molecule has 0 aliphatic carbocycles. The number of hydrogen-bond acceptors (Lipinski definition) is 1. The maximum absolute atomic E-state index is 3.31. The maximum atomic E-state index is 3.31. The Labute approximate surface area is 75.1 Å². The van der Waals surface area contributed by atoms with Crippen molar-refractivity contribution in [2.75, 3.05) is 0 Å². The van der Waals surface area contributed by atoms with Gasteiger partial charge in [0.15, 0.2) is 0 Å². The van der Waals surface area contributed by atoms with Crippen LogP contribution in [0.3, 0.4) is 0 Å². The van der Waals surface area contributed by atoms with Crippen LogP contribution in [0.15, 0.2) is 0 Å². The van der Waals surface area contributed by atoms with Gasteiger partial charge in [0.2, 0.25) is 0 Å². The van der Waals surface area contributed by atoms with Crippen molar-refractivity contribution in [3.05, 3.63) is 0 Å². The van der Waals surface area contributed by atoms with Crippen molar-refractivity contribution >= 4 is 51.9 Å². The molecule has 1 N–H and O–H groups in total. The van der Waals surface area contributed by atoms with Gasteiger partial charge in [0, 0.05) is 0 Å². The van der Waals surface area contributed by atoms with E-state index in [1.165, 1.54) is 0 Å². The summed E-state index contributed by atoms with van der Waals surface area (Å²) in [5.41, 5.74) is 0. The molecule has 2 radical (unpaired) electrons. The molecule has 1 nitrogen and oxygen atoms in total. The molecule has 0 saturated carbocycles. The van der Waals surface area contributed by atoms with E-state index in [1.54, 1.807) is 18.8 Å². The van der Waals surface area contributed by atoms with E-state index in [4.69, 9.17) is 0 Å². The topological polar surface area (TPSA) is 12.0 Å². The molecule has 0 aliphatic heterocycles. The first kappa shape index (κ1) is 16.2. The van der Waals surface area contributed by atoms with E-state index < -0.39 is 8.24 Å². The summed E-state index contributed by atoms with van der Waals surface area (Å²) in [6.07, 6.45) is 0. The van der Waals surface area contributed by atoms with Gasteiger partial charge in [0.05, 0.1) is 0 Å². The molecule has 0 unspecified atom stereocenters. The van der Waals surface area contributed by atoms with E-state index in [0.717, 1.165) is 0 Å². The Hall–Kier alpha value is 1.39. The smallest absolute Gasteiger partial charge is 0.147 e. The molecule has 5 heteroatoms. The average molecular weight is 231 g/mol. The van der Waals surface area contributed by atoms with Crippen LogP contribution in [0.5, 0.6) is 0 Å². The fraction of sp³-hybridized carbons (Fsp3) is 1.00. The quantitative estimate of drug-likeness (QED) is 0.671. The van der Waals surface area contributed by atoms with Crippen LogP contribution in [0.4, 0.5) is 0 Å². The standard InChI is InChI=1S/C3H10NSi.2ClH.Ga/c1-5(2,3)4;;;/h4H,1-3H3;2*1H;/q-1;;;+1. The van der Waals surface area contributed by atoms with Crippen molar-refractivity contribution in [2.45, 2.75) is 19.6 Å². The van der Waals surface area contributed by atoms with Crippen LogP contribution in [-0.2, 0) is 0 Å². The van der Waals surface area contributed by atoms with Gasteiger partial charge in [-0.1, -0.05) is 0 Å². The Morgan fingerprint density at radius 3 is 1.25 bits per heavy atom. The van der Waals surface area contributed by atoms with Gasteiger partial charge in [0.1, 0.15) is 0 Å². The summed E-state index contributed by atoms with van der Waals surface area (Å²) in [5, 5.41) is 0. The molecule has 0 heterocycles. The van der Waals surface area contributed by atoms with Gasteiger partial charge in [-0.25, -0.2) is 0 Å².